The molecule has 2 heterocycles. The molecule has 0 radical (unpaired) electrons. The number of benzene rings is 1. The number of aromatic nitrogens is 4. The predicted octanol–water partition coefficient (Wildman–Crippen LogP) is 1.93. The number of hydrogen-bond acceptors (Lipinski definition) is 5. The van der Waals surface area contributed by atoms with Crippen LogP contribution >= 0.6 is 0 Å². The SMILES string of the molecule is CCc1nn(C)c(C(=O)n2cnc3ccccc32)c1[N+](=O)[O-]. The smallest absolute Gasteiger partial charge is 0.266 e. The summed E-state index contributed by atoms with van der Waals surface area (Å²) < 4.78 is 2.56. The van der Waals surface area contributed by atoms with Crippen LogP contribution in [0.5, 0.6) is 0 Å². The third kappa shape index (κ3) is 1.96. The van der Waals surface area contributed by atoms with Crippen LogP contribution in [0.15, 0.2) is 30.6 Å². The lowest BCUT2D eigenvalue weighted by molar-refractivity contribution is -0.385. The molecule has 0 aliphatic rings. The van der Waals surface area contributed by atoms with E-state index in [0.717, 1.165) is 0 Å². The van der Waals surface area contributed by atoms with Crippen LogP contribution in [0, 0.1) is 10.1 Å². The molecule has 0 aliphatic carbocycles. The molecule has 0 spiro atoms. The van der Waals surface area contributed by atoms with Crippen molar-refractivity contribution >= 4 is 22.6 Å². The van der Waals surface area contributed by atoms with Crippen molar-refractivity contribution in [3.63, 3.8) is 0 Å². The highest BCUT2D eigenvalue weighted by molar-refractivity contribution is 6.02. The zero-order chi connectivity index (χ0) is 15.9. The highest BCUT2D eigenvalue weighted by atomic mass is 16.6. The van der Waals surface area contributed by atoms with Crippen LogP contribution in [0.2, 0.25) is 0 Å². The van der Waals surface area contributed by atoms with E-state index < -0.39 is 10.8 Å². The quantitative estimate of drug-likeness (QED) is 0.544. The molecule has 112 valence electrons. The fourth-order valence-electron chi connectivity index (χ4n) is 2.47. The number of carbonyl (C=O) groups is 1. The van der Waals surface area contributed by atoms with Gasteiger partial charge < -0.3 is 0 Å². The fraction of sp³-hybridized carbons (Fsp3) is 0.214. The number of nitrogens with zero attached hydrogens (tertiary/aromatic N) is 5. The Hall–Kier alpha value is -3.03. The molecule has 0 saturated carbocycles. The Labute approximate surface area is 125 Å². The summed E-state index contributed by atoms with van der Waals surface area (Å²) in [6.45, 7) is 1.76. The number of hydrogen-bond donors (Lipinski definition) is 0. The second kappa shape index (κ2) is 5.06. The third-order valence-corrected chi connectivity index (χ3v) is 3.48. The lowest BCUT2D eigenvalue weighted by atomic mass is 10.2. The molecule has 0 atom stereocenters. The van der Waals surface area contributed by atoms with Crippen LogP contribution in [-0.4, -0.2) is 30.2 Å². The minimum Gasteiger partial charge on any atom is -0.266 e. The van der Waals surface area contributed by atoms with Crippen LogP contribution in [0.3, 0.4) is 0 Å². The summed E-state index contributed by atoms with van der Waals surface area (Å²) in [6.07, 6.45) is 1.75. The molecule has 8 heteroatoms. The lowest BCUT2D eigenvalue weighted by Gasteiger charge is -2.03. The summed E-state index contributed by atoms with van der Waals surface area (Å²) >= 11 is 0. The zero-order valence-corrected chi connectivity index (χ0v) is 12.1. The lowest BCUT2D eigenvalue weighted by Crippen LogP contribution is -2.16. The van der Waals surface area contributed by atoms with Gasteiger partial charge in [-0.15, -0.1) is 0 Å². The van der Waals surface area contributed by atoms with Crippen molar-refractivity contribution < 1.29 is 9.72 Å². The van der Waals surface area contributed by atoms with Crippen LogP contribution in [0.25, 0.3) is 11.0 Å². The fourth-order valence-corrected chi connectivity index (χ4v) is 2.47. The Balaban J connectivity index is 2.21. The number of nitro groups is 1. The molecule has 8 nitrogen and oxygen atoms in total. The topological polar surface area (TPSA) is 95.8 Å². The first-order valence-electron chi connectivity index (χ1n) is 6.71. The number of imidazole rings is 1. The van der Waals surface area contributed by atoms with Gasteiger partial charge in [0.15, 0.2) is 0 Å². The number of aryl methyl sites for hydroxylation is 2. The standard InChI is InChI=1S/C14H13N5O3/c1-3-9-12(19(21)22)13(17(2)16-9)14(20)18-8-15-10-6-4-5-7-11(10)18/h4-8H,3H2,1-2H3. The van der Waals surface area contributed by atoms with Crippen LogP contribution in [0.4, 0.5) is 5.69 Å². The van der Waals surface area contributed by atoms with Gasteiger partial charge in [-0.05, 0) is 18.6 Å². The van der Waals surface area contributed by atoms with Gasteiger partial charge in [0.1, 0.15) is 12.0 Å². The summed E-state index contributed by atoms with van der Waals surface area (Å²) in [7, 11) is 1.53. The minimum absolute atomic E-state index is 0.0509. The van der Waals surface area contributed by atoms with Gasteiger partial charge in [0.25, 0.3) is 5.91 Å². The van der Waals surface area contributed by atoms with E-state index in [1.807, 2.05) is 6.07 Å². The maximum atomic E-state index is 12.8. The van der Waals surface area contributed by atoms with Crippen molar-refractivity contribution in [1.82, 2.24) is 19.3 Å². The molecule has 2 aromatic heterocycles. The number of para-hydroxylation sites is 2. The zero-order valence-electron chi connectivity index (χ0n) is 12.1. The maximum absolute atomic E-state index is 12.8. The summed E-state index contributed by atoms with van der Waals surface area (Å²) in [5, 5.41) is 15.4. The molecule has 3 rings (SSSR count). The van der Waals surface area contributed by atoms with Crippen LogP contribution < -0.4 is 0 Å². The first kappa shape index (κ1) is 13.9. The predicted molar refractivity (Wildman–Crippen MR) is 78.7 cm³/mol. The normalized spacial score (nSPS) is 11.0. The van der Waals surface area contributed by atoms with Crippen LogP contribution in [-0.2, 0) is 13.5 Å². The van der Waals surface area contributed by atoms with Crippen molar-refractivity contribution in [3.8, 4) is 0 Å². The van der Waals surface area contributed by atoms with Crippen molar-refractivity contribution in [3.05, 3.63) is 52.1 Å². The highest BCUT2D eigenvalue weighted by Crippen LogP contribution is 2.25. The Kier molecular flexibility index (Phi) is 3.21. The third-order valence-electron chi connectivity index (χ3n) is 3.48. The van der Waals surface area contributed by atoms with E-state index in [-0.39, 0.29) is 11.4 Å². The van der Waals surface area contributed by atoms with Gasteiger partial charge in [-0.2, -0.15) is 5.10 Å². The molecule has 0 N–H and O–H groups in total. The largest absolute Gasteiger partial charge is 0.323 e. The second-order valence-electron chi connectivity index (χ2n) is 4.79. The van der Waals surface area contributed by atoms with Crippen molar-refractivity contribution in [1.29, 1.82) is 0 Å². The average Bonchev–Trinajstić information content (AvgIpc) is 3.07. The second-order valence-corrected chi connectivity index (χ2v) is 4.79. The summed E-state index contributed by atoms with van der Waals surface area (Å²) in [4.78, 5) is 27.7. The molecule has 0 fully saturated rings. The van der Waals surface area contributed by atoms with Gasteiger partial charge in [-0.3, -0.25) is 24.2 Å². The molecule has 0 amide bonds. The van der Waals surface area contributed by atoms with E-state index in [1.54, 1.807) is 25.1 Å². The Morgan fingerprint density at radius 1 is 1.36 bits per heavy atom. The monoisotopic (exact) mass is 299 g/mol. The Bertz CT molecular complexity index is 893. The first-order valence-corrected chi connectivity index (χ1v) is 6.71. The van der Waals surface area contributed by atoms with Gasteiger partial charge in [0.2, 0.25) is 5.69 Å². The molecular formula is C14H13N5O3. The number of fused-ring (bicyclic) bond motifs is 1. The molecule has 22 heavy (non-hydrogen) atoms. The molecule has 0 saturated heterocycles. The summed E-state index contributed by atoms with van der Waals surface area (Å²) in [5.41, 5.74) is 1.25. The van der Waals surface area contributed by atoms with Gasteiger partial charge in [-0.1, -0.05) is 19.1 Å². The average molecular weight is 299 g/mol. The number of rotatable bonds is 3. The van der Waals surface area contributed by atoms with E-state index in [9.17, 15) is 14.9 Å². The van der Waals surface area contributed by atoms with Gasteiger partial charge in [0.05, 0.1) is 16.0 Å². The summed E-state index contributed by atoms with van der Waals surface area (Å²) in [6, 6.07) is 7.10. The van der Waals surface area contributed by atoms with Crippen LogP contribution in [0.1, 0.15) is 23.1 Å². The molecule has 0 bridgehead atoms. The molecule has 1 aromatic carbocycles. The van der Waals surface area contributed by atoms with Crippen molar-refractivity contribution in [2.45, 2.75) is 13.3 Å². The minimum atomic E-state index is -0.557. The molecule has 0 unspecified atom stereocenters. The first-order chi connectivity index (χ1) is 10.5. The van der Waals surface area contributed by atoms with E-state index in [0.29, 0.717) is 23.1 Å². The van der Waals surface area contributed by atoms with Gasteiger partial charge in [0, 0.05) is 7.05 Å². The van der Waals surface area contributed by atoms with Gasteiger partial charge >= 0.3 is 5.69 Å². The van der Waals surface area contributed by atoms with Crippen molar-refractivity contribution in [2.75, 3.05) is 0 Å². The highest BCUT2D eigenvalue weighted by Gasteiger charge is 2.31. The Morgan fingerprint density at radius 2 is 2.09 bits per heavy atom. The summed E-state index contributed by atoms with van der Waals surface area (Å²) in [5.74, 6) is -0.518. The Morgan fingerprint density at radius 3 is 2.77 bits per heavy atom. The molecule has 0 aliphatic heterocycles. The molecule has 3 aromatic rings. The van der Waals surface area contributed by atoms with E-state index in [1.165, 1.54) is 22.6 Å². The maximum Gasteiger partial charge on any atom is 0.323 e. The molecular weight excluding hydrogens is 286 g/mol. The number of carbonyl (C=O) groups excluding carboxylic acids is 1. The van der Waals surface area contributed by atoms with E-state index >= 15 is 0 Å². The van der Waals surface area contributed by atoms with E-state index in [2.05, 4.69) is 10.1 Å². The van der Waals surface area contributed by atoms with Crippen molar-refractivity contribution in [2.24, 2.45) is 7.05 Å². The van der Waals surface area contributed by atoms with E-state index in [4.69, 9.17) is 0 Å². The van der Waals surface area contributed by atoms with Gasteiger partial charge in [-0.25, -0.2) is 4.98 Å².